The van der Waals surface area contributed by atoms with E-state index in [2.05, 4.69) is 31.8 Å². The quantitative estimate of drug-likeness (QED) is 0.648. The zero-order valence-electron chi connectivity index (χ0n) is 17.2. The molecule has 0 bridgehead atoms. The highest BCUT2D eigenvalue weighted by atomic mass is 16.2. The number of rotatable bonds is 4. The molecule has 0 fully saturated rings. The number of nitrogens with zero attached hydrogens (tertiary/aromatic N) is 5. The van der Waals surface area contributed by atoms with Crippen LogP contribution in [0.25, 0.3) is 16.8 Å². The van der Waals surface area contributed by atoms with Gasteiger partial charge in [0, 0.05) is 41.5 Å². The van der Waals surface area contributed by atoms with Crippen LogP contribution in [0.3, 0.4) is 0 Å². The van der Waals surface area contributed by atoms with Crippen LogP contribution < -0.4 is 10.6 Å². The number of carbonyl (C=O) groups is 1. The molecule has 2 N–H and O–H groups in total. The van der Waals surface area contributed by atoms with Crippen molar-refractivity contribution in [2.75, 3.05) is 10.6 Å². The number of hydrogen-bond acceptors (Lipinski definition) is 6. The fraction of sp³-hybridized carbons (Fsp3) is 0.227. The van der Waals surface area contributed by atoms with E-state index in [0.717, 1.165) is 22.4 Å². The maximum atomic E-state index is 12.7. The highest BCUT2D eigenvalue weighted by Gasteiger charge is 2.28. The van der Waals surface area contributed by atoms with E-state index in [-0.39, 0.29) is 5.91 Å². The minimum Gasteiger partial charge on any atom is -0.342 e. The van der Waals surface area contributed by atoms with E-state index in [9.17, 15) is 10.1 Å². The summed E-state index contributed by atoms with van der Waals surface area (Å²) >= 11 is 0. The molecule has 4 heterocycles. The first-order valence-electron chi connectivity index (χ1n) is 9.48. The number of nitrogens with one attached hydrogen (secondary N) is 2. The molecule has 4 rings (SSSR count). The molecular weight excluding hydrogens is 378 g/mol. The maximum absolute atomic E-state index is 12.7. The van der Waals surface area contributed by atoms with Gasteiger partial charge in [-0.3, -0.25) is 19.4 Å². The molecule has 8 heteroatoms. The van der Waals surface area contributed by atoms with Crippen LogP contribution in [-0.2, 0) is 10.3 Å². The van der Waals surface area contributed by atoms with Gasteiger partial charge in [-0.05, 0) is 45.4 Å². The Balaban J connectivity index is 1.71. The molecule has 0 saturated heterocycles. The number of aromatic nitrogens is 4. The molecule has 0 unspecified atom stereocenters. The van der Waals surface area contributed by atoms with Crippen molar-refractivity contribution in [1.29, 1.82) is 5.26 Å². The average molecular weight is 399 g/mol. The molecule has 3 aromatic rings. The summed E-state index contributed by atoms with van der Waals surface area (Å²) in [5.41, 5.74) is 4.59. The van der Waals surface area contributed by atoms with Crippen LogP contribution in [0.4, 0.5) is 11.5 Å². The summed E-state index contributed by atoms with van der Waals surface area (Å²) in [6, 6.07) is 7.81. The van der Waals surface area contributed by atoms with Crippen molar-refractivity contribution >= 4 is 23.0 Å². The molecule has 0 aliphatic carbocycles. The lowest BCUT2D eigenvalue weighted by atomic mass is 10.0. The number of amides is 1. The van der Waals surface area contributed by atoms with Crippen molar-refractivity contribution in [3.8, 4) is 17.3 Å². The Morgan fingerprint density at radius 1 is 1.27 bits per heavy atom. The molecule has 0 aromatic carbocycles. The Morgan fingerprint density at radius 3 is 2.80 bits per heavy atom. The lowest BCUT2D eigenvalue weighted by molar-refractivity contribution is -0.110. The molecule has 150 valence electrons. The molecule has 8 nitrogen and oxygen atoms in total. The Bertz CT molecular complexity index is 1230. The van der Waals surface area contributed by atoms with E-state index in [4.69, 9.17) is 0 Å². The first kappa shape index (κ1) is 19.3. The molecule has 0 radical (unpaired) electrons. The zero-order valence-corrected chi connectivity index (χ0v) is 17.2. The van der Waals surface area contributed by atoms with Gasteiger partial charge in [0.25, 0.3) is 5.91 Å². The molecule has 30 heavy (non-hydrogen) atoms. The van der Waals surface area contributed by atoms with E-state index in [1.54, 1.807) is 49.4 Å². The summed E-state index contributed by atoms with van der Waals surface area (Å²) in [6.07, 6.45) is 6.91. The molecule has 1 amide bonds. The van der Waals surface area contributed by atoms with E-state index < -0.39 is 5.54 Å². The van der Waals surface area contributed by atoms with Crippen molar-refractivity contribution in [2.45, 2.75) is 33.2 Å². The van der Waals surface area contributed by atoms with Crippen LogP contribution in [0.2, 0.25) is 0 Å². The third kappa shape index (κ3) is 3.31. The van der Waals surface area contributed by atoms with Crippen molar-refractivity contribution in [3.05, 3.63) is 59.8 Å². The van der Waals surface area contributed by atoms with Gasteiger partial charge < -0.3 is 10.6 Å². The van der Waals surface area contributed by atoms with Gasteiger partial charge in [-0.25, -0.2) is 0 Å². The SMILES string of the molecule is CC(Nc1ccn(C(C)(C)C#N)n1)=C1C(=O)Nc2cnc(-c3cnccc3C)cc21. The van der Waals surface area contributed by atoms with Gasteiger partial charge in [0.05, 0.1) is 29.2 Å². The predicted molar refractivity (Wildman–Crippen MR) is 114 cm³/mol. The van der Waals surface area contributed by atoms with Crippen molar-refractivity contribution in [1.82, 2.24) is 19.7 Å². The van der Waals surface area contributed by atoms with Crippen molar-refractivity contribution < 1.29 is 4.79 Å². The smallest absolute Gasteiger partial charge is 0.258 e. The molecule has 0 spiro atoms. The first-order chi connectivity index (χ1) is 14.3. The topological polar surface area (TPSA) is 109 Å². The number of nitriles is 1. The number of carbonyl (C=O) groups excluding carboxylic acids is 1. The van der Waals surface area contributed by atoms with Crippen LogP contribution in [0.5, 0.6) is 0 Å². The molecule has 0 atom stereocenters. The van der Waals surface area contributed by atoms with Gasteiger partial charge in [0.2, 0.25) is 0 Å². The standard InChI is InChI=1S/C22H21N7O/c1-13-5-7-24-10-16(13)17-9-15-18(11-25-17)27-21(30)20(15)14(2)26-19-6-8-29(28-19)22(3,4)12-23/h5-11H,1-4H3,(H,26,28)(H,27,30). The highest BCUT2D eigenvalue weighted by molar-refractivity contribution is 6.32. The largest absolute Gasteiger partial charge is 0.342 e. The summed E-state index contributed by atoms with van der Waals surface area (Å²) in [5.74, 6) is 0.357. The van der Waals surface area contributed by atoms with E-state index >= 15 is 0 Å². The summed E-state index contributed by atoms with van der Waals surface area (Å²) in [7, 11) is 0. The third-order valence-corrected chi connectivity index (χ3v) is 5.09. The number of aryl methyl sites for hydroxylation is 1. The molecule has 3 aromatic heterocycles. The molecular formula is C22H21N7O. The van der Waals surface area contributed by atoms with Gasteiger partial charge in [-0.15, -0.1) is 0 Å². The van der Waals surface area contributed by atoms with Crippen LogP contribution in [0, 0.1) is 18.3 Å². The first-order valence-corrected chi connectivity index (χ1v) is 9.48. The monoisotopic (exact) mass is 399 g/mol. The normalized spacial score (nSPS) is 14.7. The fourth-order valence-corrected chi connectivity index (χ4v) is 3.33. The van der Waals surface area contributed by atoms with Crippen LogP contribution in [-0.4, -0.2) is 25.7 Å². The second kappa shape index (κ2) is 7.12. The van der Waals surface area contributed by atoms with Gasteiger partial charge in [0.1, 0.15) is 5.54 Å². The number of pyridine rings is 2. The molecule has 1 aliphatic heterocycles. The summed E-state index contributed by atoms with van der Waals surface area (Å²) in [4.78, 5) is 21.3. The van der Waals surface area contributed by atoms with E-state index in [1.807, 2.05) is 26.0 Å². The second-order valence-corrected chi connectivity index (χ2v) is 7.70. The van der Waals surface area contributed by atoms with Crippen LogP contribution >= 0.6 is 0 Å². The fourth-order valence-electron chi connectivity index (χ4n) is 3.33. The lowest BCUT2D eigenvalue weighted by Gasteiger charge is -2.15. The lowest BCUT2D eigenvalue weighted by Crippen LogP contribution is -2.24. The predicted octanol–water partition coefficient (Wildman–Crippen LogP) is 3.70. The number of fused-ring (bicyclic) bond motifs is 1. The Morgan fingerprint density at radius 2 is 2.07 bits per heavy atom. The summed E-state index contributed by atoms with van der Waals surface area (Å²) < 4.78 is 1.59. The van der Waals surface area contributed by atoms with Gasteiger partial charge in [-0.1, -0.05) is 0 Å². The Labute approximate surface area is 174 Å². The van der Waals surface area contributed by atoms with Crippen molar-refractivity contribution in [2.24, 2.45) is 0 Å². The van der Waals surface area contributed by atoms with Gasteiger partial charge >= 0.3 is 0 Å². The number of hydrogen-bond donors (Lipinski definition) is 2. The minimum absolute atomic E-state index is 0.200. The number of anilines is 2. The van der Waals surface area contributed by atoms with E-state index in [1.165, 1.54) is 0 Å². The maximum Gasteiger partial charge on any atom is 0.258 e. The Hall–Kier alpha value is -3.99. The summed E-state index contributed by atoms with van der Waals surface area (Å²) in [6.45, 7) is 7.39. The zero-order chi connectivity index (χ0) is 21.5. The van der Waals surface area contributed by atoms with Crippen LogP contribution in [0.1, 0.15) is 31.9 Å². The third-order valence-electron chi connectivity index (χ3n) is 5.09. The highest BCUT2D eigenvalue weighted by Crippen LogP contribution is 2.36. The average Bonchev–Trinajstić information content (AvgIpc) is 3.31. The van der Waals surface area contributed by atoms with Gasteiger partial charge in [0.15, 0.2) is 5.82 Å². The number of allylic oxidation sites excluding steroid dienone is 1. The minimum atomic E-state index is -0.763. The van der Waals surface area contributed by atoms with Crippen molar-refractivity contribution in [3.63, 3.8) is 0 Å². The molecule has 1 aliphatic rings. The Kier molecular flexibility index (Phi) is 4.59. The summed E-state index contributed by atoms with van der Waals surface area (Å²) in [5, 5.41) is 19.8. The van der Waals surface area contributed by atoms with Gasteiger partial charge in [-0.2, -0.15) is 10.4 Å². The molecule has 0 saturated carbocycles. The second-order valence-electron chi connectivity index (χ2n) is 7.70. The van der Waals surface area contributed by atoms with Crippen LogP contribution in [0.15, 0.2) is 48.7 Å². The van der Waals surface area contributed by atoms with E-state index in [0.29, 0.717) is 22.8 Å².